The van der Waals surface area contributed by atoms with Crippen molar-refractivity contribution in [1.82, 2.24) is 14.4 Å². The molecule has 5 rings (SSSR count). The molecule has 2 fully saturated rings. The van der Waals surface area contributed by atoms with E-state index in [1.807, 2.05) is 12.3 Å². The lowest BCUT2D eigenvalue weighted by molar-refractivity contribution is 0.122. The van der Waals surface area contributed by atoms with E-state index in [4.69, 9.17) is 14.7 Å². The Labute approximate surface area is 171 Å². The molecule has 2 aromatic heterocycles. The van der Waals surface area contributed by atoms with Crippen LogP contribution in [0.15, 0.2) is 36.2 Å². The van der Waals surface area contributed by atoms with Crippen LogP contribution in [-0.2, 0) is 4.74 Å². The summed E-state index contributed by atoms with van der Waals surface area (Å²) in [6.07, 6.45) is 17.3. The van der Waals surface area contributed by atoms with Crippen LogP contribution in [0.5, 0.6) is 0 Å². The van der Waals surface area contributed by atoms with Crippen molar-refractivity contribution in [1.29, 1.82) is 5.26 Å². The Kier molecular flexibility index (Phi) is 5.07. The maximum atomic E-state index is 9.21. The number of nitrogens with zero attached hydrogens (tertiary/aromatic N) is 5. The average Bonchev–Trinajstić information content (AvgIpc) is 3.20. The Morgan fingerprint density at radius 3 is 2.69 bits per heavy atom. The van der Waals surface area contributed by atoms with Gasteiger partial charge in [-0.3, -0.25) is 4.40 Å². The standard InChI is InChI=1S/C23H27N5O/c24-16-17-6-8-19(9-7-17)21-20(18-4-2-1-3-5-18)26-23-22(25-10-11-28(21)23)27-12-14-29-15-13-27/h6-8,10-11,18-19H,1-5,9,12-15H2. The minimum atomic E-state index is 0.249. The lowest BCUT2D eigenvalue weighted by atomic mass is 9.83. The second-order valence-electron chi connectivity index (χ2n) is 8.23. The number of morpholine rings is 1. The van der Waals surface area contributed by atoms with Gasteiger partial charge in [0.15, 0.2) is 11.5 Å². The predicted octanol–water partition coefficient (Wildman–Crippen LogP) is 4.11. The maximum absolute atomic E-state index is 9.21. The lowest BCUT2D eigenvalue weighted by Crippen LogP contribution is -2.37. The predicted molar refractivity (Wildman–Crippen MR) is 112 cm³/mol. The molecular formula is C23H27N5O. The monoisotopic (exact) mass is 389 g/mol. The smallest absolute Gasteiger partial charge is 0.180 e. The number of imidazole rings is 1. The average molecular weight is 390 g/mol. The molecule has 3 aliphatic rings. The molecule has 29 heavy (non-hydrogen) atoms. The molecule has 1 aliphatic heterocycles. The van der Waals surface area contributed by atoms with Crippen molar-refractivity contribution in [3.8, 4) is 6.07 Å². The molecule has 1 unspecified atom stereocenters. The summed E-state index contributed by atoms with van der Waals surface area (Å²) < 4.78 is 7.80. The molecule has 0 N–H and O–H groups in total. The quantitative estimate of drug-likeness (QED) is 0.790. The van der Waals surface area contributed by atoms with E-state index >= 15 is 0 Å². The van der Waals surface area contributed by atoms with Gasteiger partial charge in [0.25, 0.3) is 0 Å². The number of hydrogen-bond acceptors (Lipinski definition) is 5. The fourth-order valence-electron chi connectivity index (χ4n) is 4.95. The van der Waals surface area contributed by atoms with E-state index < -0.39 is 0 Å². The summed E-state index contributed by atoms with van der Waals surface area (Å²) in [4.78, 5) is 12.2. The molecular weight excluding hydrogens is 362 g/mol. The first kappa shape index (κ1) is 18.4. The molecule has 3 heterocycles. The molecule has 150 valence electrons. The molecule has 1 atom stereocenters. The minimum absolute atomic E-state index is 0.249. The van der Waals surface area contributed by atoms with E-state index in [1.54, 1.807) is 0 Å². The third kappa shape index (κ3) is 3.44. The number of fused-ring (bicyclic) bond motifs is 1. The third-order valence-corrected chi connectivity index (χ3v) is 6.47. The van der Waals surface area contributed by atoms with Gasteiger partial charge in [-0.25, -0.2) is 9.97 Å². The number of nitriles is 1. The van der Waals surface area contributed by atoms with E-state index in [0.717, 1.165) is 49.8 Å². The van der Waals surface area contributed by atoms with Crippen LogP contribution in [0.25, 0.3) is 5.65 Å². The van der Waals surface area contributed by atoms with E-state index in [2.05, 4.69) is 33.7 Å². The van der Waals surface area contributed by atoms with Crippen molar-refractivity contribution in [2.75, 3.05) is 31.2 Å². The SMILES string of the molecule is N#CC1=CCC(c2c(C3CCCCC3)nc3c(N4CCOCC4)nccn23)C=C1. The van der Waals surface area contributed by atoms with E-state index in [9.17, 15) is 5.26 Å². The van der Waals surface area contributed by atoms with Gasteiger partial charge in [0.05, 0.1) is 30.7 Å². The second kappa shape index (κ2) is 8.00. The molecule has 1 saturated carbocycles. The Bertz CT molecular complexity index is 987. The largest absolute Gasteiger partial charge is 0.378 e. The number of aromatic nitrogens is 3. The fourth-order valence-corrected chi connectivity index (χ4v) is 4.95. The Balaban J connectivity index is 1.62. The van der Waals surface area contributed by atoms with Gasteiger partial charge in [-0.05, 0) is 25.3 Å². The molecule has 6 heteroatoms. The third-order valence-electron chi connectivity index (χ3n) is 6.47. The van der Waals surface area contributed by atoms with Crippen molar-refractivity contribution >= 4 is 11.5 Å². The van der Waals surface area contributed by atoms with Crippen LogP contribution >= 0.6 is 0 Å². The Hall–Kier alpha value is -2.65. The van der Waals surface area contributed by atoms with Gasteiger partial charge in [0.2, 0.25) is 0 Å². The highest BCUT2D eigenvalue weighted by molar-refractivity contribution is 5.66. The zero-order chi connectivity index (χ0) is 19.6. The van der Waals surface area contributed by atoms with Gasteiger partial charge in [-0.2, -0.15) is 5.26 Å². The number of ether oxygens (including phenoxy) is 1. The zero-order valence-corrected chi connectivity index (χ0v) is 16.8. The summed E-state index contributed by atoms with van der Waals surface area (Å²) in [5.74, 6) is 1.73. The van der Waals surface area contributed by atoms with Crippen LogP contribution in [0.4, 0.5) is 5.82 Å². The molecule has 0 aromatic carbocycles. The molecule has 2 aliphatic carbocycles. The number of rotatable bonds is 3. The topological polar surface area (TPSA) is 66.5 Å². The zero-order valence-electron chi connectivity index (χ0n) is 16.8. The van der Waals surface area contributed by atoms with Crippen molar-refractivity contribution < 1.29 is 4.74 Å². The summed E-state index contributed by atoms with van der Waals surface area (Å²) in [6, 6.07) is 2.26. The first-order valence-corrected chi connectivity index (χ1v) is 10.8. The Morgan fingerprint density at radius 1 is 1.14 bits per heavy atom. The van der Waals surface area contributed by atoms with Gasteiger partial charge >= 0.3 is 0 Å². The highest BCUT2D eigenvalue weighted by Crippen LogP contribution is 2.40. The molecule has 2 aromatic rings. The molecule has 1 saturated heterocycles. The summed E-state index contributed by atoms with van der Waals surface area (Å²) in [6.45, 7) is 3.17. The van der Waals surface area contributed by atoms with Crippen molar-refractivity contribution in [2.45, 2.75) is 50.4 Å². The fraction of sp³-hybridized carbons (Fsp3) is 0.522. The molecule has 0 amide bonds. The van der Waals surface area contributed by atoms with Crippen LogP contribution in [0.3, 0.4) is 0 Å². The molecule has 0 spiro atoms. The van der Waals surface area contributed by atoms with Gasteiger partial charge in [-0.1, -0.05) is 31.4 Å². The number of anilines is 1. The molecule has 6 nitrogen and oxygen atoms in total. The van der Waals surface area contributed by atoms with Crippen molar-refractivity contribution in [2.24, 2.45) is 0 Å². The molecule has 0 radical (unpaired) electrons. The van der Waals surface area contributed by atoms with Crippen molar-refractivity contribution in [3.63, 3.8) is 0 Å². The minimum Gasteiger partial charge on any atom is -0.378 e. The maximum Gasteiger partial charge on any atom is 0.180 e. The molecule has 0 bridgehead atoms. The highest BCUT2D eigenvalue weighted by Gasteiger charge is 2.29. The second-order valence-corrected chi connectivity index (χ2v) is 8.23. The number of allylic oxidation sites excluding steroid dienone is 4. The first-order valence-electron chi connectivity index (χ1n) is 10.8. The van der Waals surface area contributed by atoms with Crippen LogP contribution < -0.4 is 4.90 Å². The Morgan fingerprint density at radius 2 is 1.97 bits per heavy atom. The van der Waals surface area contributed by atoms with Crippen LogP contribution in [0, 0.1) is 11.3 Å². The van der Waals surface area contributed by atoms with Gasteiger partial charge < -0.3 is 9.64 Å². The number of hydrogen-bond donors (Lipinski definition) is 0. The normalized spacial score (nSPS) is 23.2. The summed E-state index contributed by atoms with van der Waals surface area (Å²) in [5.41, 5.74) is 4.25. The van der Waals surface area contributed by atoms with Gasteiger partial charge in [0, 0.05) is 42.9 Å². The lowest BCUT2D eigenvalue weighted by Gasteiger charge is -2.27. The van der Waals surface area contributed by atoms with E-state index in [1.165, 1.54) is 43.5 Å². The summed E-state index contributed by atoms with van der Waals surface area (Å²) >= 11 is 0. The van der Waals surface area contributed by atoms with E-state index in [-0.39, 0.29) is 5.92 Å². The summed E-state index contributed by atoms with van der Waals surface area (Å²) in [5, 5.41) is 9.21. The van der Waals surface area contributed by atoms with E-state index in [0.29, 0.717) is 5.92 Å². The highest BCUT2D eigenvalue weighted by atomic mass is 16.5. The van der Waals surface area contributed by atoms with Crippen molar-refractivity contribution in [3.05, 3.63) is 47.6 Å². The van der Waals surface area contributed by atoms with Crippen LogP contribution in [-0.4, -0.2) is 40.7 Å². The first-order chi connectivity index (χ1) is 14.3. The van der Waals surface area contributed by atoms with Gasteiger partial charge in [-0.15, -0.1) is 0 Å². The van der Waals surface area contributed by atoms with Gasteiger partial charge in [0.1, 0.15) is 0 Å². The van der Waals surface area contributed by atoms with Crippen LogP contribution in [0.2, 0.25) is 0 Å². The summed E-state index contributed by atoms with van der Waals surface area (Å²) in [7, 11) is 0. The van der Waals surface area contributed by atoms with Crippen LogP contribution in [0.1, 0.15) is 61.7 Å².